The molecule has 0 radical (unpaired) electrons. The fraction of sp³-hybridized carbons (Fsp3) is 0.214. The summed E-state index contributed by atoms with van der Waals surface area (Å²) in [5.74, 6) is 5.16. The number of carbonyl (C=O) groups excluding carboxylic acids is 1. The van der Waals surface area contributed by atoms with E-state index < -0.39 is 9.71 Å². The van der Waals surface area contributed by atoms with Crippen molar-refractivity contribution in [3.63, 3.8) is 0 Å². The number of hydrogen-bond donors (Lipinski definition) is 3. The van der Waals surface area contributed by atoms with Crippen molar-refractivity contribution in [1.82, 2.24) is 9.97 Å². The van der Waals surface area contributed by atoms with E-state index in [4.69, 9.17) is 9.47 Å². The first-order valence-electron chi connectivity index (χ1n) is 12.2. The molecular weight excluding hydrogens is 518 g/mol. The van der Waals surface area contributed by atoms with Crippen LogP contribution in [0.25, 0.3) is 11.0 Å². The van der Waals surface area contributed by atoms with Crippen LogP contribution in [0, 0.1) is 11.8 Å². The summed E-state index contributed by atoms with van der Waals surface area (Å²) in [5, 5.41) is 15.0. The van der Waals surface area contributed by atoms with Crippen molar-refractivity contribution in [1.29, 1.82) is 0 Å². The van der Waals surface area contributed by atoms with E-state index in [1.165, 1.54) is 14.2 Å². The molecule has 0 aliphatic heterocycles. The molecule has 0 spiro atoms. The molecular formula is C28H29N5O5S. The first-order chi connectivity index (χ1) is 18.7. The van der Waals surface area contributed by atoms with Gasteiger partial charge in [0.1, 0.15) is 11.5 Å². The minimum Gasteiger partial charge on any atom is -0.497 e. The van der Waals surface area contributed by atoms with Crippen molar-refractivity contribution < 1.29 is 23.7 Å². The molecule has 202 valence electrons. The SMILES string of the molecule is C=S(=O)(Nc1nc2ccccc2nc1N(O)c1cc(OC)cc(OC)c1)c1cccc(NC(=O)C2CC2C)c1. The van der Waals surface area contributed by atoms with Crippen LogP contribution >= 0.6 is 0 Å². The number of anilines is 4. The van der Waals surface area contributed by atoms with Crippen LogP contribution in [0.4, 0.5) is 23.0 Å². The van der Waals surface area contributed by atoms with Gasteiger partial charge < -0.3 is 14.8 Å². The van der Waals surface area contributed by atoms with Gasteiger partial charge >= 0.3 is 0 Å². The lowest BCUT2D eigenvalue weighted by molar-refractivity contribution is -0.117. The fourth-order valence-corrected chi connectivity index (χ4v) is 5.34. The zero-order valence-electron chi connectivity index (χ0n) is 21.7. The number of nitrogens with one attached hydrogen (secondary N) is 2. The molecule has 1 saturated carbocycles. The molecule has 3 unspecified atom stereocenters. The Kier molecular flexibility index (Phi) is 7.02. The highest BCUT2D eigenvalue weighted by molar-refractivity contribution is 8.01. The van der Waals surface area contributed by atoms with E-state index in [-0.39, 0.29) is 29.1 Å². The van der Waals surface area contributed by atoms with Crippen LogP contribution in [-0.2, 0) is 14.5 Å². The lowest BCUT2D eigenvalue weighted by atomic mass is 10.2. The molecule has 5 rings (SSSR count). The highest BCUT2D eigenvalue weighted by atomic mass is 32.2. The maximum atomic E-state index is 13.9. The summed E-state index contributed by atoms with van der Waals surface area (Å²) < 4.78 is 27.5. The van der Waals surface area contributed by atoms with E-state index in [9.17, 15) is 14.2 Å². The van der Waals surface area contributed by atoms with Crippen molar-refractivity contribution in [2.45, 2.75) is 18.2 Å². The summed E-state index contributed by atoms with van der Waals surface area (Å²) in [6.07, 6.45) is 0.861. The van der Waals surface area contributed by atoms with Gasteiger partial charge in [0.25, 0.3) is 0 Å². The van der Waals surface area contributed by atoms with E-state index in [1.807, 2.05) is 6.92 Å². The van der Waals surface area contributed by atoms with E-state index in [0.717, 1.165) is 11.5 Å². The molecule has 1 amide bonds. The van der Waals surface area contributed by atoms with Crippen molar-refractivity contribution in [2.75, 3.05) is 29.3 Å². The largest absolute Gasteiger partial charge is 0.497 e. The van der Waals surface area contributed by atoms with E-state index in [1.54, 1.807) is 66.7 Å². The van der Waals surface area contributed by atoms with Crippen molar-refractivity contribution >= 4 is 55.5 Å². The maximum absolute atomic E-state index is 13.9. The number of hydrogen-bond acceptors (Lipinski definition) is 8. The number of amides is 1. The van der Waals surface area contributed by atoms with Crippen molar-refractivity contribution in [2.24, 2.45) is 11.8 Å². The number of carbonyl (C=O) groups is 1. The van der Waals surface area contributed by atoms with Crippen molar-refractivity contribution in [3.8, 4) is 11.5 Å². The Bertz CT molecular complexity index is 1640. The monoisotopic (exact) mass is 547 g/mol. The van der Waals surface area contributed by atoms with E-state index in [0.29, 0.717) is 39.0 Å². The second-order valence-corrected chi connectivity index (χ2v) is 11.4. The Morgan fingerprint density at radius 2 is 1.67 bits per heavy atom. The van der Waals surface area contributed by atoms with Crippen molar-refractivity contribution in [3.05, 3.63) is 66.7 Å². The Labute approximate surface area is 226 Å². The highest BCUT2D eigenvalue weighted by Gasteiger charge is 2.39. The van der Waals surface area contributed by atoms with Gasteiger partial charge in [-0.15, -0.1) is 0 Å². The Balaban J connectivity index is 1.52. The number of methoxy groups -OCH3 is 2. The molecule has 1 heterocycles. The minimum absolute atomic E-state index is 0.00269. The Morgan fingerprint density at radius 1 is 1.03 bits per heavy atom. The third kappa shape index (κ3) is 5.59. The van der Waals surface area contributed by atoms with Crippen LogP contribution < -0.4 is 24.6 Å². The molecule has 39 heavy (non-hydrogen) atoms. The third-order valence-corrected chi connectivity index (χ3v) is 8.06. The minimum atomic E-state index is -3.21. The van der Waals surface area contributed by atoms with Crippen LogP contribution in [-0.4, -0.2) is 45.4 Å². The number of benzene rings is 3. The summed E-state index contributed by atoms with van der Waals surface area (Å²) in [4.78, 5) is 22.0. The van der Waals surface area contributed by atoms with Gasteiger partial charge in [0.2, 0.25) is 11.7 Å². The number of fused-ring (bicyclic) bond motifs is 1. The summed E-state index contributed by atoms with van der Waals surface area (Å²) in [6.45, 7) is 2.03. The predicted molar refractivity (Wildman–Crippen MR) is 153 cm³/mol. The molecule has 0 bridgehead atoms. The van der Waals surface area contributed by atoms with Gasteiger partial charge in [-0.3, -0.25) is 14.7 Å². The zero-order chi connectivity index (χ0) is 27.7. The second-order valence-electron chi connectivity index (χ2n) is 9.38. The molecule has 10 nitrogen and oxygen atoms in total. The molecule has 1 aliphatic rings. The topological polar surface area (TPSA) is 126 Å². The first-order valence-corrected chi connectivity index (χ1v) is 14.0. The fourth-order valence-electron chi connectivity index (χ4n) is 4.16. The van der Waals surface area contributed by atoms with E-state index in [2.05, 4.69) is 25.9 Å². The smallest absolute Gasteiger partial charge is 0.227 e. The predicted octanol–water partition coefficient (Wildman–Crippen LogP) is 4.87. The van der Waals surface area contributed by atoms with Crippen LogP contribution in [0.15, 0.2) is 71.6 Å². The van der Waals surface area contributed by atoms with Crippen LogP contribution in [0.5, 0.6) is 11.5 Å². The van der Waals surface area contributed by atoms with Gasteiger partial charge in [-0.1, -0.05) is 25.1 Å². The summed E-state index contributed by atoms with van der Waals surface area (Å²) in [6, 6.07) is 18.7. The maximum Gasteiger partial charge on any atom is 0.227 e. The first kappa shape index (κ1) is 26.3. The highest BCUT2D eigenvalue weighted by Crippen LogP contribution is 2.39. The second kappa shape index (κ2) is 10.4. The number of rotatable bonds is 9. The van der Waals surface area contributed by atoms with Crippen LogP contribution in [0.2, 0.25) is 0 Å². The molecule has 3 N–H and O–H groups in total. The molecule has 0 saturated heterocycles. The zero-order valence-corrected chi connectivity index (χ0v) is 22.6. The number of ether oxygens (including phenoxy) is 2. The summed E-state index contributed by atoms with van der Waals surface area (Å²) in [5.41, 5.74) is 1.84. The van der Waals surface area contributed by atoms with Crippen LogP contribution in [0.1, 0.15) is 13.3 Å². The summed E-state index contributed by atoms with van der Waals surface area (Å²) in [7, 11) is -0.205. The molecule has 1 fully saturated rings. The molecule has 4 aromatic rings. The quantitative estimate of drug-likeness (QED) is 0.200. The van der Waals surface area contributed by atoms with E-state index >= 15 is 0 Å². The van der Waals surface area contributed by atoms with Gasteiger partial charge in [0.05, 0.1) is 45.5 Å². The molecule has 1 aromatic heterocycles. The molecule has 1 aliphatic carbocycles. The van der Waals surface area contributed by atoms with Gasteiger partial charge in [-0.25, -0.2) is 19.2 Å². The molecule has 11 heteroatoms. The number of aromatic nitrogens is 2. The lowest BCUT2D eigenvalue weighted by Gasteiger charge is -2.22. The normalized spacial score (nSPS) is 17.6. The van der Waals surface area contributed by atoms with Gasteiger partial charge in [-0.2, -0.15) is 0 Å². The van der Waals surface area contributed by atoms with Gasteiger partial charge in [0.15, 0.2) is 5.82 Å². The average Bonchev–Trinajstić information content (AvgIpc) is 3.68. The number of para-hydroxylation sites is 2. The Hall–Kier alpha value is -4.35. The lowest BCUT2D eigenvalue weighted by Crippen LogP contribution is -2.20. The average molecular weight is 548 g/mol. The molecule has 3 aromatic carbocycles. The third-order valence-electron chi connectivity index (χ3n) is 6.52. The molecule has 3 atom stereocenters. The van der Waals surface area contributed by atoms with Gasteiger partial charge in [0, 0.05) is 29.8 Å². The Morgan fingerprint density at radius 3 is 2.28 bits per heavy atom. The standard InChI is InChI=1S/C28H29N5O5S/c1-17-12-23(17)28(34)29-18-8-7-9-22(13-18)39(4,36)32-26-27(31-25-11-6-5-10-24(25)30-26)33(35)19-14-20(37-2)16-21(15-19)38-3/h5-11,13-17,23,35H,4,12H2,1-3H3,(H,29,34)(H,30,32,36). The summed E-state index contributed by atoms with van der Waals surface area (Å²) >= 11 is 0. The van der Waals surface area contributed by atoms with Crippen LogP contribution in [0.3, 0.4) is 0 Å². The van der Waals surface area contributed by atoms with Gasteiger partial charge in [-0.05, 0) is 48.5 Å². The number of nitrogens with zero attached hydrogens (tertiary/aromatic N) is 3.